The topological polar surface area (TPSA) is 42.7 Å². The first kappa shape index (κ1) is 11.6. The summed E-state index contributed by atoms with van der Waals surface area (Å²) in [5.74, 6) is 0.979. The molecule has 1 saturated carbocycles. The molecule has 1 aromatic rings. The molecule has 0 amide bonds. The van der Waals surface area contributed by atoms with Crippen molar-refractivity contribution >= 4 is 0 Å². The van der Waals surface area contributed by atoms with Gasteiger partial charge < -0.3 is 5.32 Å². The van der Waals surface area contributed by atoms with Crippen LogP contribution in [0.15, 0.2) is 12.4 Å². The molecule has 1 heterocycles. The number of nitrogens with one attached hydrogen (secondary N) is 1. The van der Waals surface area contributed by atoms with Crippen LogP contribution < -0.4 is 5.32 Å². The van der Waals surface area contributed by atoms with E-state index < -0.39 is 0 Å². The van der Waals surface area contributed by atoms with Crippen molar-refractivity contribution in [3.05, 3.63) is 12.4 Å². The quantitative estimate of drug-likeness (QED) is 0.747. The van der Waals surface area contributed by atoms with Gasteiger partial charge in [0.25, 0.3) is 0 Å². The summed E-state index contributed by atoms with van der Waals surface area (Å²) in [5, 5.41) is 11.2. The maximum absolute atomic E-state index is 3.93. The number of aromatic nitrogens is 3. The molecule has 1 aliphatic carbocycles. The van der Waals surface area contributed by atoms with Crippen LogP contribution in [-0.2, 0) is 6.54 Å². The Morgan fingerprint density at radius 3 is 2.81 bits per heavy atom. The Morgan fingerprint density at radius 2 is 2.06 bits per heavy atom. The Morgan fingerprint density at radius 1 is 1.19 bits per heavy atom. The van der Waals surface area contributed by atoms with E-state index in [1.807, 2.05) is 10.9 Å². The van der Waals surface area contributed by atoms with E-state index >= 15 is 0 Å². The highest BCUT2D eigenvalue weighted by Gasteiger charge is 2.12. The average Bonchev–Trinajstić information content (AvgIpc) is 2.83. The lowest BCUT2D eigenvalue weighted by atomic mass is 9.87. The van der Waals surface area contributed by atoms with E-state index in [2.05, 4.69) is 15.6 Å². The van der Waals surface area contributed by atoms with Gasteiger partial charge in [-0.25, -0.2) is 0 Å². The van der Waals surface area contributed by atoms with Crippen molar-refractivity contribution in [2.45, 2.75) is 45.1 Å². The van der Waals surface area contributed by atoms with Crippen LogP contribution in [0.4, 0.5) is 0 Å². The molecule has 1 N–H and O–H groups in total. The standard InChI is InChI=1S/C12H22N4/c1-2-4-12(5-3-1)6-7-13-8-10-16-11-9-14-15-16/h9,11-13H,1-8,10H2. The van der Waals surface area contributed by atoms with Crippen molar-refractivity contribution in [3.63, 3.8) is 0 Å². The molecule has 4 nitrogen and oxygen atoms in total. The molecule has 0 aromatic carbocycles. The van der Waals surface area contributed by atoms with Gasteiger partial charge in [-0.2, -0.15) is 0 Å². The van der Waals surface area contributed by atoms with Gasteiger partial charge in [0.2, 0.25) is 0 Å². The van der Waals surface area contributed by atoms with Crippen molar-refractivity contribution in [2.75, 3.05) is 13.1 Å². The zero-order valence-corrected chi connectivity index (χ0v) is 9.94. The zero-order valence-electron chi connectivity index (χ0n) is 9.94. The van der Waals surface area contributed by atoms with Crippen LogP contribution in [0.3, 0.4) is 0 Å². The molecule has 2 rings (SSSR count). The number of nitrogens with zero attached hydrogens (tertiary/aromatic N) is 3. The van der Waals surface area contributed by atoms with Gasteiger partial charge in [0, 0.05) is 12.7 Å². The summed E-state index contributed by atoms with van der Waals surface area (Å²) >= 11 is 0. The molecule has 0 radical (unpaired) electrons. The second-order valence-electron chi connectivity index (χ2n) is 4.71. The van der Waals surface area contributed by atoms with Crippen LogP contribution in [0.2, 0.25) is 0 Å². The largest absolute Gasteiger partial charge is 0.315 e. The Bertz CT molecular complexity index is 265. The summed E-state index contributed by atoms with van der Waals surface area (Å²) in [7, 11) is 0. The molecule has 1 aromatic heterocycles. The lowest BCUT2D eigenvalue weighted by molar-refractivity contribution is 0.333. The van der Waals surface area contributed by atoms with Gasteiger partial charge in [0.15, 0.2) is 0 Å². The minimum Gasteiger partial charge on any atom is -0.315 e. The highest BCUT2D eigenvalue weighted by Crippen LogP contribution is 2.25. The van der Waals surface area contributed by atoms with Gasteiger partial charge in [-0.1, -0.05) is 37.3 Å². The zero-order chi connectivity index (χ0) is 11.1. The molecular formula is C12H22N4. The smallest absolute Gasteiger partial charge is 0.0692 e. The van der Waals surface area contributed by atoms with E-state index in [0.29, 0.717) is 0 Å². The minimum absolute atomic E-state index is 0.921. The molecule has 1 fully saturated rings. The minimum atomic E-state index is 0.921. The Kier molecular flexibility index (Phi) is 4.80. The number of hydrogen-bond donors (Lipinski definition) is 1. The van der Waals surface area contributed by atoms with Crippen LogP contribution in [0.5, 0.6) is 0 Å². The second kappa shape index (κ2) is 6.63. The third-order valence-electron chi connectivity index (χ3n) is 3.44. The van der Waals surface area contributed by atoms with Crippen molar-refractivity contribution in [1.82, 2.24) is 20.3 Å². The van der Waals surface area contributed by atoms with Crippen LogP contribution in [-0.4, -0.2) is 28.1 Å². The summed E-state index contributed by atoms with van der Waals surface area (Å²) in [4.78, 5) is 0. The Hall–Kier alpha value is -0.900. The molecule has 0 bridgehead atoms. The normalized spacial score (nSPS) is 17.8. The van der Waals surface area contributed by atoms with Crippen LogP contribution in [0.1, 0.15) is 38.5 Å². The van der Waals surface area contributed by atoms with E-state index in [9.17, 15) is 0 Å². The fourth-order valence-corrected chi connectivity index (χ4v) is 2.45. The van der Waals surface area contributed by atoms with Crippen molar-refractivity contribution in [3.8, 4) is 0 Å². The second-order valence-corrected chi connectivity index (χ2v) is 4.71. The summed E-state index contributed by atoms with van der Waals surface area (Å²) in [6.45, 7) is 3.07. The van der Waals surface area contributed by atoms with Gasteiger partial charge in [0.05, 0.1) is 12.7 Å². The molecule has 0 aliphatic heterocycles. The highest BCUT2D eigenvalue weighted by atomic mass is 15.4. The first-order valence-electron chi connectivity index (χ1n) is 6.50. The van der Waals surface area contributed by atoms with Crippen LogP contribution in [0, 0.1) is 5.92 Å². The van der Waals surface area contributed by atoms with Gasteiger partial charge in [0.1, 0.15) is 0 Å². The predicted molar refractivity (Wildman–Crippen MR) is 64.1 cm³/mol. The molecular weight excluding hydrogens is 200 g/mol. The number of hydrogen-bond acceptors (Lipinski definition) is 3. The first-order chi connectivity index (χ1) is 7.95. The van der Waals surface area contributed by atoms with Crippen molar-refractivity contribution in [1.29, 1.82) is 0 Å². The Labute approximate surface area is 97.4 Å². The maximum Gasteiger partial charge on any atom is 0.0692 e. The Balaban J connectivity index is 1.48. The van der Waals surface area contributed by atoms with E-state index in [4.69, 9.17) is 0 Å². The molecule has 16 heavy (non-hydrogen) atoms. The molecule has 0 spiro atoms. The lowest BCUT2D eigenvalue weighted by Gasteiger charge is -2.21. The maximum atomic E-state index is 3.93. The molecule has 0 unspecified atom stereocenters. The van der Waals surface area contributed by atoms with Crippen molar-refractivity contribution in [2.24, 2.45) is 5.92 Å². The molecule has 1 aliphatic rings. The summed E-state index contributed by atoms with van der Waals surface area (Å²) in [5.41, 5.74) is 0. The predicted octanol–water partition coefficient (Wildman–Crippen LogP) is 1.84. The fourth-order valence-electron chi connectivity index (χ4n) is 2.45. The van der Waals surface area contributed by atoms with Gasteiger partial charge in [-0.15, -0.1) is 5.10 Å². The highest BCUT2D eigenvalue weighted by molar-refractivity contribution is 4.67. The van der Waals surface area contributed by atoms with Crippen molar-refractivity contribution < 1.29 is 0 Å². The van der Waals surface area contributed by atoms with E-state index in [0.717, 1.165) is 25.6 Å². The first-order valence-corrected chi connectivity index (χ1v) is 6.50. The molecule has 0 saturated heterocycles. The molecule has 90 valence electrons. The average molecular weight is 222 g/mol. The van der Waals surface area contributed by atoms with E-state index in [1.54, 1.807) is 6.20 Å². The SMILES string of the molecule is c1cn(CCNCCC2CCCCC2)nn1. The van der Waals surface area contributed by atoms with E-state index in [-0.39, 0.29) is 0 Å². The monoisotopic (exact) mass is 222 g/mol. The molecule has 0 atom stereocenters. The lowest BCUT2D eigenvalue weighted by Crippen LogP contribution is -2.23. The van der Waals surface area contributed by atoms with E-state index in [1.165, 1.54) is 38.5 Å². The summed E-state index contributed by atoms with van der Waals surface area (Å²) in [6, 6.07) is 0. The number of rotatable bonds is 6. The molecule has 4 heteroatoms. The fraction of sp³-hybridized carbons (Fsp3) is 0.833. The van der Waals surface area contributed by atoms with Crippen LogP contribution >= 0.6 is 0 Å². The third kappa shape index (κ3) is 3.93. The van der Waals surface area contributed by atoms with Gasteiger partial charge in [-0.05, 0) is 18.9 Å². The van der Waals surface area contributed by atoms with Crippen LogP contribution in [0.25, 0.3) is 0 Å². The summed E-state index contributed by atoms with van der Waals surface area (Å²) in [6.07, 6.45) is 12.2. The van der Waals surface area contributed by atoms with Gasteiger partial charge in [-0.3, -0.25) is 4.68 Å². The third-order valence-corrected chi connectivity index (χ3v) is 3.44. The van der Waals surface area contributed by atoms with Gasteiger partial charge >= 0.3 is 0 Å². The summed E-state index contributed by atoms with van der Waals surface area (Å²) < 4.78 is 1.87.